The van der Waals surface area contributed by atoms with Gasteiger partial charge in [-0.1, -0.05) is 6.07 Å². The zero-order valence-corrected chi connectivity index (χ0v) is 14.5. The molecule has 2 aliphatic heterocycles. The molecule has 1 fully saturated rings. The third-order valence-corrected chi connectivity index (χ3v) is 5.30. The Labute approximate surface area is 151 Å². The summed E-state index contributed by atoms with van der Waals surface area (Å²) in [6.07, 6.45) is 4.48. The second kappa shape index (κ2) is 6.94. The van der Waals surface area contributed by atoms with Crippen LogP contribution in [0.25, 0.3) is 0 Å². The molecule has 0 unspecified atom stereocenters. The topological polar surface area (TPSA) is 53.8 Å². The molecule has 1 aromatic heterocycles. The smallest absolute Gasteiger partial charge is 0.289 e. The third-order valence-electron chi connectivity index (χ3n) is 5.30. The maximum Gasteiger partial charge on any atom is 0.289 e. The number of amides is 2. The van der Waals surface area contributed by atoms with E-state index in [4.69, 9.17) is 4.42 Å². The minimum atomic E-state index is -0.317. The summed E-state index contributed by atoms with van der Waals surface area (Å²) in [4.78, 5) is 28.8. The molecule has 3 heterocycles. The Morgan fingerprint density at radius 1 is 1.12 bits per heavy atom. The summed E-state index contributed by atoms with van der Waals surface area (Å²) in [5.41, 5.74) is 1.73. The molecule has 6 heteroatoms. The number of hydrogen-bond donors (Lipinski definition) is 0. The van der Waals surface area contributed by atoms with E-state index in [0.29, 0.717) is 43.9 Å². The molecule has 26 heavy (non-hydrogen) atoms. The Morgan fingerprint density at radius 2 is 1.92 bits per heavy atom. The second-order valence-corrected chi connectivity index (χ2v) is 6.91. The second-order valence-electron chi connectivity index (χ2n) is 6.91. The number of benzene rings is 1. The van der Waals surface area contributed by atoms with Gasteiger partial charge in [0, 0.05) is 31.2 Å². The monoisotopic (exact) mass is 356 g/mol. The molecular weight excluding hydrogens is 335 g/mol. The van der Waals surface area contributed by atoms with Gasteiger partial charge in [0.05, 0.1) is 6.26 Å². The van der Waals surface area contributed by atoms with Gasteiger partial charge in [0.1, 0.15) is 5.82 Å². The molecule has 4 rings (SSSR count). The number of anilines is 1. The van der Waals surface area contributed by atoms with Crippen LogP contribution >= 0.6 is 0 Å². The van der Waals surface area contributed by atoms with Crippen molar-refractivity contribution >= 4 is 17.5 Å². The highest BCUT2D eigenvalue weighted by Gasteiger charge is 2.33. The van der Waals surface area contributed by atoms with Crippen molar-refractivity contribution in [2.75, 3.05) is 24.5 Å². The Bertz CT molecular complexity index is 810. The van der Waals surface area contributed by atoms with Gasteiger partial charge in [0.15, 0.2) is 5.76 Å². The number of carbonyl (C=O) groups excluding carboxylic acids is 2. The molecule has 0 N–H and O–H groups in total. The van der Waals surface area contributed by atoms with Gasteiger partial charge in [0.25, 0.3) is 5.91 Å². The van der Waals surface area contributed by atoms with Crippen LogP contribution in [0.15, 0.2) is 41.0 Å². The van der Waals surface area contributed by atoms with E-state index in [1.807, 2.05) is 0 Å². The number of fused-ring (bicyclic) bond motifs is 1. The van der Waals surface area contributed by atoms with Crippen molar-refractivity contribution in [2.24, 2.45) is 5.92 Å². The quantitative estimate of drug-likeness (QED) is 0.830. The predicted octanol–water partition coefficient (Wildman–Crippen LogP) is 3.25. The van der Waals surface area contributed by atoms with E-state index < -0.39 is 0 Å². The van der Waals surface area contributed by atoms with Gasteiger partial charge in [-0.2, -0.15) is 0 Å². The molecule has 5 nitrogen and oxygen atoms in total. The Hall–Kier alpha value is -2.63. The minimum absolute atomic E-state index is 0.0432. The summed E-state index contributed by atoms with van der Waals surface area (Å²) in [6, 6.07) is 8.03. The highest BCUT2D eigenvalue weighted by atomic mass is 19.1. The lowest BCUT2D eigenvalue weighted by Crippen LogP contribution is -2.45. The molecular formula is C20H21FN2O3. The fraction of sp³-hybridized carbons (Fsp3) is 0.400. The number of likely N-dealkylation sites (tertiary alicyclic amines) is 1. The first-order valence-corrected chi connectivity index (χ1v) is 9.06. The fourth-order valence-electron chi connectivity index (χ4n) is 3.88. The normalized spacial score (nSPS) is 17.9. The molecule has 0 bridgehead atoms. The lowest BCUT2D eigenvalue weighted by atomic mass is 9.93. The number of carbonyl (C=O) groups is 2. The van der Waals surface area contributed by atoms with Gasteiger partial charge in [-0.15, -0.1) is 0 Å². The number of aryl methyl sites for hydroxylation is 1. The molecule has 0 atom stereocenters. The van der Waals surface area contributed by atoms with Crippen molar-refractivity contribution in [2.45, 2.75) is 25.7 Å². The van der Waals surface area contributed by atoms with E-state index in [2.05, 4.69) is 0 Å². The summed E-state index contributed by atoms with van der Waals surface area (Å²) in [6.45, 7) is 1.68. The van der Waals surface area contributed by atoms with Crippen molar-refractivity contribution in [3.8, 4) is 0 Å². The Kier molecular flexibility index (Phi) is 4.49. The van der Waals surface area contributed by atoms with E-state index in [0.717, 1.165) is 18.4 Å². The maximum absolute atomic E-state index is 13.7. The summed E-state index contributed by atoms with van der Waals surface area (Å²) in [5, 5.41) is 0. The largest absolute Gasteiger partial charge is 0.459 e. The average Bonchev–Trinajstić information content (AvgIpc) is 3.21. The van der Waals surface area contributed by atoms with Gasteiger partial charge in [-0.05, 0) is 55.5 Å². The number of rotatable bonds is 2. The molecule has 2 aliphatic rings. The molecule has 1 aromatic carbocycles. The van der Waals surface area contributed by atoms with Crippen LogP contribution in [0.5, 0.6) is 0 Å². The van der Waals surface area contributed by atoms with Crippen molar-refractivity contribution in [1.82, 2.24) is 4.90 Å². The summed E-state index contributed by atoms with van der Waals surface area (Å²) in [7, 11) is 0. The number of halogens is 1. The molecule has 2 aromatic rings. The van der Waals surface area contributed by atoms with E-state index in [9.17, 15) is 14.0 Å². The number of hydrogen-bond acceptors (Lipinski definition) is 3. The third kappa shape index (κ3) is 3.11. The van der Waals surface area contributed by atoms with Crippen molar-refractivity contribution < 1.29 is 18.4 Å². The first-order valence-electron chi connectivity index (χ1n) is 9.06. The Morgan fingerprint density at radius 3 is 2.65 bits per heavy atom. The lowest BCUT2D eigenvalue weighted by molar-refractivity contribution is -0.123. The molecule has 0 radical (unpaired) electrons. The van der Waals surface area contributed by atoms with E-state index in [1.54, 1.807) is 28.0 Å². The van der Waals surface area contributed by atoms with Gasteiger partial charge in [-0.3, -0.25) is 9.59 Å². The molecule has 0 aliphatic carbocycles. The standard InChI is InChI=1S/C20H21FN2O3/c21-16-6-5-14-3-1-9-23(17(14)13-16)19(24)15-7-10-22(11-8-15)20(25)18-4-2-12-26-18/h2,4-6,12-13,15H,1,3,7-11H2. The molecule has 0 saturated carbocycles. The van der Waals surface area contributed by atoms with E-state index in [1.165, 1.54) is 18.4 Å². The zero-order chi connectivity index (χ0) is 18.1. The van der Waals surface area contributed by atoms with Gasteiger partial charge in [0.2, 0.25) is 5.91 Å². The van der Waals surface area contributed by atoms with Crippen LogP contribution in [-0.2, 0) is 11.2 Å². The highest BCUT2D eigenvalue weighted by Crippen LogP contribution is 2.31. The maximum atomic E-state index is 13.7. The molecule has 0 spiro atoms. The fourth-order valence-corrected chi connectivity index (χ4v) is 3.88. The van der Waals surface area contributed by atoms with Crippen molar-refractivity contribution in [3.63, 3.8) is 0 Å². The van der Waals surface area contributed by atoms with Crippen LogP contribution in [0.2, 0.25) is 0 Å². The molecule has 136 valence electrons. The summed E-state index contributed by atoms with van der Waals surface area (Å²) in [5.74, 6) is -0.213. The van der Waals surface area contributed by atoms with Gasteiger partial charge < -0.3 is 14.2 Å². The van der Waals surface area contributed by atoms with Crippen LogP contribution in [0.4, 0.5) is 10.1 Å². The summed E-state index contributed by atoms with van der Waals surface area (Å²) < 4.78 is 18.8. The highest BCUT2D eigenvalue weighted by molar-refractivity contribution is 5.96. The van der Waals surface area contributed by atoms with E-state index in [-0.39, 0.29) is 23.5 Å². The SMILES string of the molecule is O=C(c1ccco1)N1CCC(C(=O)N2CCCc3ccc(F)cc32)CC1. The van der Waals surface area contributed by atoms with Crippen LogP contribution in [0.3, 0.4) is 0 Å². The average molecular weight is 356 g/mol. The van der Waals surface area contributed by atoms with Crippen LogP contribution in [-0.4, -0.2) is 36.3 Å². The van der Waals surface area contributed by atoms with E-state index >= 15 is 0 Å². The number of piperidine rings is 1. The zero-order valence-electron chi connectivity index (χ0n) is 14.5. The van der Waals surface area contributed by atoms with Crippen molar-refractivity contribution in [1.29, 1.82) is 0 Å². The van der Waals surface area contributed by atoms with Crippen molar-refractivity contribution in [3.05, 3.63) is 53.7 Å². The first kappa shape index (κ1) is 16.8. The predicted molar refractivity (Wildman–Crippen MR) is 94.4 cm³/mol. The van der Waals surface area contributed by atoms with Gasteiger partial charge >= 0.3 is 0 Å². The summed E-state index contributed by atoms with van der Waals surface area (Å²) >= 11 is 0. The number of furan rings is 1. The van der Waals surface area contributed by atoms with Crippen LogP contribution in [0, 0.1) is 11.7 Å². The minimum Gasteiger partial charge on any atom is -0.459 e. The number of nitrogens with zero attached hydrogens (tertiary/aromatic N) is 2. The molecule has 1 saturated heterocycles. The lowest BCUT2D eigenvalue weighted by Gasteiger charge is -2.36. The molecule has 2 amide bonds. The van der Waals surface area contributed by atoms with Crippen LogP contribution < -0.4 is 4.90 Å². The van der Waals surface area contributed by atoms with Crippen LogP contribution in [0.1, 0.15) is 35.4 Å². The first-order chi connectivity index (χ1) is 12.6. The Balaban J connectivity index is 1.43. The van der Waals surface area contributed by atoms with Gasteiger partial charge in [-0.25, -0.2) is 4.39 Å².